The molecule has 0 bridgehead atoms. The predicted molar refractivity (Wildman–Crippen MR) is 121 cm³/mol. The number of hydrogen-bond donors (Lipinski definition) is 0. The molecule has 0 saturated heterocycles. The maximum atomic E-state index is 13.1. The minimum absolute atomic E-state index is 0.127. The van der Waals surface area contributed by atoms with Crippen LogP contribution in [-0.4, -0.2) is 48.6 Å². The van der Waals surface area contributed by atoms with Crippen LogP contribution in [-0.2, 0) is 4.79 Å². The third-order valence-electron chi connectivity index (χ3n) is 5.06. The molecule has 3 rings (SSSR count). The fourth-order valence-corrected chi connectivity index (χ4v) is 4.52. The van der Waals surface area contributed by atoms with Crippen molar-refractivity contribution in [3.63, 3.8) is 0 Å². The third kappa shape index (κ3) is 5.34. The monoisotopic (exact) mass is 429 g/mol. The Morgan fingerprint density at radius 1 is 1.10 bits per heavy atom. The van der Waals surface area contributed by atoms with Gasteiger partial charge in [-0.15, -0.1) is 0 Å². The van der Waals surface area contributed by atoms with Crippen molar-refractivity contribution in [1.29, 1.82) is 0 Å². The number of aryl methyl sites for hydroxylation is 2. The summed E-state index contributed by atoms with van der Waals surface area (Å²) in [5, 5.41) is 0.679. The number of likely N-dealkylation sites (N-methyl/N-ethyl adjacent to an activating group) is 1. The van der Waals surface area contributed by atoms with Crippen LogP contribution in [0, 0.1) is 19.7 Å². The van der Waals surface area contributed by atoms with E-state index in [1.165, 1.54) is 41.2 Å². The number of fused-ring (bicyclic) bond motifs is 1. The second-order valence-corrected chi connectivity index (χ2v) is 8.25. The van der Waals surface area contributed by atoms with Gasteiger partial charge in [-0.05, 0) is 68.4 Å². The molecule has 0 fully saturated rings. The number of nitrogens with zero attached hydrogens (tertiary/aromatic N) is 3. The van der Waals surface area contributed by atoms with E-state index in [4.69, 9.17) is 9.72 Å². The highest BCUT2D eigenvalue weighted by atomic mass is 32.1. The summed E-state index contributed by atoms with van der Waals surface area (Å²) >= 11 is 1.52. The summed E-state index contributed by atoms with van der Waals surface area (Å²) in [6, 6.07) is 9.88. The first-order valence-electron chi connectivity index (χ1n) is 10.2. The second kappa shape index (κ2) is 10.00. The average Bonchev–Trinajstić information content (AvgIpc) is 3.14. The molecule has 7 heteroatoms. The number of aromatic nitrogens is 1. The molecule has 160 valence electrons. The number of carbonyl (C=O) groups excluding carboxylic acids is 1. The molecule has 0 aliphatic carbocycles. The van der Waals surface area contributed by atoms with Crippen molar-refractivity contribution in [3.8, 4) is 5.75 Å². The van der Waals surface area contributed by atoms with E-state index in [9.17, 15) is 9.18 Å². The SMILES string of the molecule is CCN(CC)CCN(C(=O)COc1ccc(F)cc1)c1nc2c(C)cc(C)cc2s1. The molecule has 1 aromatic heterocycles. The van der Waals surface area contributed by atoms with Crippen LogP contribution in [0.25, 0.3) is 10.2 Å². The van der Waals surface area contributed by atoms with E-state index >= 15 is 0 Å². The number of rotatable bonds is 9. The zero-order valence-corrected chi connectivity index (χ0v) is 18.8. The number of amides is 1. The maximum absolute atomic E-state index is 13.1. The number of halogens is 1. The van der Waals surface area contributed by atoms with Gasteiger partial charge in [0, 0.05) is 13.1 Å². The summed E-state index contributed by atoms with van der Waals surface area (Å²) in [6.45, 7) is 11.3. The van der Waals surface area contributed by atoms with Crippen LogP contribution in [0.2, 0.25) is 0 Å². The molecular formula is C23H28FN3O2S. The molecule has 3 aromatic rings. The van der Waals surface area contributed by atoms with Crippen LogP contribution in [0.1, 0.15) is 25.0 Å². The highest BCUT2D eigenvalue weighted by molar-refractivity contribution is 7.22. The normalized spacial score (nSPS) is 11.3. The van der Waals surface area contributed by atoms with E-state index < -0.39 is 0 Å². The van der Waals surface area contributed by atoms with Crippen LogP contribution in [0.3, 0.4) is 0 Å². The lowest BCUT2D eigenvalue weighted by molar-refractivity contribution is -0.120. The lowest BCUT2D eigenvalue weighted by atomic mass is 10.1. The Hall–Kier alpha value is -2.51. The van der Waals surface area contributed by atoms with Gasteiger partial charge in [0.15, 0.2) is 11.7 Å². The summed E-state index contributed by atoms with van der Waals surface area (Å²) in [6.07, 6.45) is 0. The molecule has 0 spiro atoms. The molecule has 0 radical (unpaired) electrons. The first kappa shape index (κ1) is 22.2. The number of thiazole rings is 1. The fourth-order valence-electron chi connectivity index (χ4n) is 3.34. The lowest BCUT2D eigenvalue weighted by Crippen LogP contribution is -2.41. The number of ether oxygens (including phenoxy) is 1. The van der Waals surface area contributed by atoms with E-state index in [0.29, 0.717) is 17.4 Å². The van der Waals surface area contributed by atoms with Gasteiger partial charge in [0.1, 0.15) is 11.6 Å². The number of benzene rings is 2. The predicted octanol–water partition coefficient (Wildman–Crippen LogP) is 4.81. The molecular weight excluding hydrogens is 401 g/mol. The van der Waals surface area contributed by atoms with Crippen LogP contribution >= 0.6 is 11.3 Å². The summed E-state index contributed by atoms with van der Waals surface area (Å²) in [5.41, 5.74) is 3.21. The van der Waals surface area contributed by atoms with Crippen molar-refractivity contribution in [1.82, 2.24) is 9.88 Å². The topological polar surface area (TPSA) is 45.7 Å². The van der Waals surface area contributed by atoms with E-state index in [2.05, 4.69) is 37.8 Å². The smallest absolute Gasteiger partial charge is 0.266 e. The van der Waals surface area contributed by atoms with Crippen molar-refractivity contribution >= 4 is 32.6 Å². The molecule has 1 heterocycles. The standard InChI is InChI=1S/C23H28FN3O2S/c1-5-26(6-2)11-12-27(21(28)15-29-19-9-7-18(24)8-10-19)23-25-22-17(4)13-16(3)14-20(22)30-23/h7-10,13-14H,5-6,11-12,15H2,1-4H3. The second-order valence-electron chi connectivity index (χ2n) is 7.24. The molecule has 2 aromatic carbocycles. The number of carbonyl (C=O) groups is 1. The van der Waals surface area contributed by atoms with Gasteiger partial charge < -0.3 is 9.64 Å². The van der Waals surface area contributed by atoms with E-state index in [-0.39, 0.29) is 18.3 Å². The zero-order valence-electron chi connectivity index (χ0n) is 17.9. The maximum Gasteiger partial charge on any atom is 0.266 e. The Labute approximate surface area is 181 Å². The Morgan fingerprint density at radius 3 is 2.47 bits per heavy atom. The molecule has 0 aliphatic rings. The zero-order chi connectivity index (χ0) is 21.7. The van der Waals surface area contributed by atoms with Crippen LogP contribution in [0.4, 0.5) is 9.52 Å². The molecule has 0 atom stereocenters. The molecule has 0 unspecified atom stereocenters. The van der Waals surface area contributed by atoms with E-state index in [1.54, 1.807) is 4.90 Å². The first-order chi connectivity index (χ1) is 14.4. The molecule has 5 nitrogen and oxygen atoms in total. The average molecular weight is 430 g/mol. The van der Waals surface area contributed by atoms with Gasteiger partial charge in [0.05, 0.1) is 10.2 Å². The highest BCUT2D eigenvalue weighted by Gasteiger charge is 2.21. The Bertz CT molecular complexity index is 1000. The van der Waals surface area contributed by atoms with Crippen LogP contribution < -0.4 is 9.64 Å². The van der Waals surface area contributed by atoms with E-state index in [0.717, 1.165) is 35.4 Å². The van der Waals surface area contributed by atoms with Gasteiger partial charge in [0.2, 0.25) is 0 Å². The van der Waals surface area contributed by atoms with Crippen molar-refractivity contribution in [2.24, 2.45) is 0 Å². The van der Waals surface area contributed by atoms with Gasteiger partial charge in [-0.25, -0.2) is 9.37 Å². The fraction of sp³-hybridized carbons (Fsp3) is 0.391. The molecule has 30 heavy (non-hydrogen) atoms. The summed E-state index contributed by atoms with van der Waals surface area (Å²) in [7, 11) is 0. The minimum Gasteiger partial charge on any atom is -0.484 e. The van der Waals surface area contributed by atoms with Crippen molar-refractivity contribution in [2.75, 3.05) is 37.7 Å². The van der Waals surface area contributed by atoms with Gasteiger partial charge in [0.25, 0.3) is 5.91 Å². The molecule has 1 amide bonds. The molecule has 0 saturated carbocycles. The number of hydrogen-bond acceptors (Lipinski definition) is 5. The Kier molecular flexibility index (Phi) is 7.39. The van der Waals surface area contributed by atoms with Crippen molar-refractivity contribution < 1.29 is 13.9 Å². The van der Waals surface area contributed by atoms with Crippen LogP contribution in [0.5, 0.6) is 5.75 Å². The van der Waals surface area contributed by atoms with Gasteiger partial charge in [-0.1, -0.05) is 31.3 Å². The highest BCUT2D eigenvalue weighted by Crippen LogP contribution is 2.31. The van der Waals surface area contributed by atoms with Gasteiger partial charge in [-0.2, -0.15) is 0 Å². The molecule has 0 aliphatic heterocycles. The van der Waals surface area contributed by atoms with Crippen molar-refractivity contribution in [2.45, 2.75) is 27.7 Å². The lowest BCUT2D eigenvalue weighted by Gasteiger charge is -2.24. The minimum atomic E-state index is -0.338. The van der Waals surface area contributed by atoms with Gasteiger partial charge >= 0.3 is 0 Å². The quantitative estimate of drug-likeness (QED) is 0.490. The largest absolute Gasteiger partial charge is 0.484 e. The summed E-state index contributed by atoms with van der Waals surface area (Å²) in [5.74, 6) is -0.0428. The van der Waals surface area contributed by atoms with Crippen molar-refractivity contribution in [3.05, 3.63) is 53.3 Å². The first-order valence-corrected chi connectivity index (χ1v) is 11.0. The summed E-state index contributed by atoms with van der Waals surface area (Å²) in [4.78, 5) is 21.8. The Balaban J connectivity index is 1.82. The summed E-state index contributed by atoms with van der Waals surface area (Å²) < 4.78 is 19.8. The van der Waals surface area contributed by atoms with Crippen LogP contribution in [0.15, 0.2) is 36.4 Å². The number of anilines is 1. The third-order valence-corrected chi connectivity index (χ3v) is 6.09. The van der Waals surface area contributed by atoms with E-state index in [1.807, 2.05) is 6.92 Å². The van der Waals surface area contributed by atoms with Gasteiger partial charge in [-0.3, -0.25) is 9.69 Å². The Morgan fingerprint density at radius 2 is 1.80 bits per heavy atom. The molecule has 0 N–H and O–H groups in total.